The second-order valence-electron chi connectivity index (χ2n) is 9.08. The minimum absolute atomic E-state index is 0.176. The quantitative estimate of drug-likeness (QED) is 0.351. The summed E-state index contributed by atoms with van der Waals surface area (Å²) in [5.74, 6) is 1.62. The number of aryl methyl sites for hydroxylation is 1. The fourth-order valence-corrected chi connectivity index (χ4v) is 3.84. The highest BCUT2D eigenvalue weighted by Crippen LogP contribution is 2.26. The molecule has 3 aromatic rings. The largest absolute Gasteiger partial charge is 0.478 e. The van der Waals surface area contributed by atoms with Crippen LogP contribution in [-0.4, -0.2) is 33.1 Å². The lowest BCUT2D eigenvalue weighted by atomic mass is 9.98. The Morgan fingerprint density at radius 1 is 1.23 bits per heavy atom. The highest BCUT2D eigenvalue weighted by molar-refractivity contribution is 9.10. The van der Waals surface area contributed by atoms with E-state index in [-0.39, 0.29) is 24.4 Å². The molecule has 8 nitrogen and oxygen atoms in total. The molecule has 0 amide bonds. The monoisotopic (exact) mass is 539 g/mol. The number of halogens is 1. The summed E-state index contributed by atoms with van der Waals surface area (Å²) in [5.41, 5.74) is 1.20. The third-order valence-corrected chi connectivity index (χ3v) is 6.11. The predicted octanol–water partition coefficient (Wildman–Crippen LogP) is 4.35. The first-order chi connectivity index (χ1) is 16.4. The van der Waals surface area contributed by atoms with Crippen molar-refractivity contribution < 1.29 is 19.4 Å². The van der Waals surface area contributed by atoms with Gasteiger partial charge in [-0.1, -0.05) is 21.9 Å². The summed E-state index contributed by atoms with van der Waals surface area (Å²) in [4.78, 5) is 43.0. The van der Waals surface area contributed by atoms with Gasteiger partial charge in [-0.3, -0.25) is 14.2 Å². The van der Waals surface area contributed by atoms with E-state index in [9.17, 15) is 14.4 Å². The summed E-state index contributed by atoms with van der Waals surface area (Å²) < 4.78 is 7.41. The number of carbonyl (C=O) groups is 2. The van der Waals surface area contributed by atoms with Crippen molar-refractivity contribution in [2.24, 2.45) is 5.41 Å². The molecule has 0 aliphatic carbocycles. The number of rotatable bonds is 7. The number of carboxylic acids is 1. The fraction of sp³-hybridized carbons (Fsp3) is 0.308. The minimum atomic E-state index is -1.01. The third-order valence-electron chi connectivity index (χ3n) is 5.37. The Kier molecular flexibility index (Phi) is 7.66. The van der Waals surface area contributed by atoms with Crippen LogP contribution >= 0.6 is 15.9 Å². The van der Waals surface area contributed by atoms with Gasteiger partial charge in [0.1, 0.15) is 5.82 Å². The first-order valence-electron chi connectivity index (χ1n) is 10.8. The highest BCUT2D eigenvalue weighted by atomic mass is 79.9. The number of hydrogen-bond acceptors (Lipinski definition) is 6. The Labute approximate surface area is 211 Å². The van der Waals surface area contributed by atoms with Gasteiger partial charge in [-0.2, -0.15) is 0 Å². The molecule has 0 aliphatic rings. The summed E-state index contributed by atoms with van der Waals surface area (Å²) in [5, 5.41) is 9.53. The zero-order valence-corrected chi connectivity index (χ0v) is 21.5. The maximum absolute atomic E-state index is 13.3. The molecule has 0 bridgehead atoms. The number of aromatic carboxylic acids is 1. The first kappa shape index (κ1) is 26.0. The van der Waals surface area contributed by atoms with Crippen molar-refractivity contribution >= 4 is 44.5 Å². The lowest BCUT2D eigenvalue weighted by Crippen LogP contribution is -2.30. The molecule has 0 atom stereocenters. The van der Waals surface area contributed by atoms with E-state index in [0.29, 0.717) is 23.3 Å². The standard InChI is InChI=1S/C26H26BrN3O5/c1-6-11-29(19-9-7-17(8-10-19)24(32)33)14-18-12-20-22(13-21(18)27)28-16(2)30(23(20)31)15-35-25(34)26(3,4)5/h1,7-10,12-13H,11,14-15H2,2-5H3,(H,32,33). The smallest absolute Gasteiger partial charge is 0.335 e. The van der Waals surface area contributed by atoms with Crippen molar-refractivity contribution in [1.29, 1.82) is 0 Å². The average molecular weight is 540 g/mol. The lowest BCUT2D eigenvalue weighted by Gasteiger charge is -2.24. The lowest BCUT2D eigenvalue weighted by molar-refractivity contribution is -0.157. The van der Waals surface area contributed by atoms with E-state index in [4.69, 9.17) is 16.3 Å². The summed E-state index contributed by atoms with van der Waals surface area (Å²) in [6, 6.07) is 9.92. The van der Waals surface area contributed by atoms with Gasteiger partial charge in [0, 0.05) is 16.7 Å². The second-order valence-corrected chi connectivity index (χ2v) is 9.93. The summed E-state index contributed by atoms with van der Waals surface area (Å²) >= 11 is 3.57. The number of benzene rings is 2. The van der Waals surface area contributed by atoms with Gasteiger partial charge in [0.2, 0.25) is 0 Å². The SMILES string of the molecule is C#CCN(Cc1cc2c(=O)n(COC(=O)C(C)(C)C)c(C)nc2cc1Br)c1ccc(C(=O)O)cc1. The van der Waals surface area contributed by atoms with Gasteiger partial charge < -0.3 is 14.7 Å². The Bertz CT molecular complexity index is 1380. The molecule has 1 heterocycles. The number of aromatic nitrogens is 2. The molecule has 1 N–H and O–H groups in total. The summed E-state index contributed by atoms with van der Waals surface area (Å²) in [6.07, 6.45) is 5.57. The van der Waals surface area contributed by atoms with Gasteiger partial charge in [-0.25, -0.2) is 9.78 Å². The molecule has 0 saturated heterocycles. The number of fused-ring (bicyclic) bond motifs is 1. The van der Waals surface area contributed by atoms with Gasteiger partial charge in [0.05, 0.1) is 28.4 Å². The number of carboxylic acid groups (broad SMARTS) is 1. The van der Waals surface area contributed by atoms with Crippen LogP contribution in [0.2, 0.25) is 0 Å². The van der Waals surface area contributed by atoms with Crippen LogP contribution in [0.3, 0.4) is 0 Å². The van der Waals surface area contributed by atoms with Crippen molar-refractivity contribution in [3.8, 4) is 12.3 Å². The molecular weight excluding hydrogens is 514 g/mol. The molecule has 0 spiro atoms. The molecule has 0 fully saturated rings. The topological polar surface area (TPSA) is 102 Å². The first-order valence-corrected chi connectivity index (χ1v) is 11.6. The van der Waals surface area contributed by atoms with E-state index in [2.05, 4.69) is 26.8 Å². The number of carbonyl (C=O) groups excluding carboxylic acids is 1. The Morgan fingerprint density at radius 3 is 2.46 bits per heavy atom. The average Bonchev–Trinajstić information content (AvgIpc) is 2.78. The number of nitrogens with zero attached hydrogens (tertiary/aromatic N) is 3. The van der Waals surface area contributed by atoms with Crippen LogP contribution in [0.1, 0.15) is 42.5 Å². The molecule has 0 aliphatic heterocycles. The number of ether oxygens (including phenoxy) is 1. The fourth-order valence-electron chi connectivity index (χ4n) is 3.38. The van der Waals surface area contributed by atoms with E-state index in [1.807, 2.05) is 4.90 Å². The molecular formula is C26H26BrN3O5. The van der Waals surface area contributed by atoms with Crippen molar-refractivity contribution in [2.75, 3.05) is 11.4 Å². The number of hydrogen-bond donors (Lipinski definition) is 1. The van der Waals surface area contributed by atoms with E-state index >= 15 is 0 Å². The van der Waals surface area contributed by atoms with Gasteiger partial charge in [0.25, 0.3) is 5.56 Å². The Morgan fingerprint density at radius 2 is 1.89 bits per heavy atom. The molecule has 35 heavy (non-hydrogen) atoms. The van der Waals surface area contributed by atoms with Crippen molar-refractivity contribution in [1.82, 2.24) is 9.55 Å². The number of terminal acetylenes is 1. The Hall–Kier alpha value is -3.64. The molecule has 9 heteroatoms. The minimum Gasteiger partial charge on any atom is -0.478 e. The molecule has 1 aromatic heterocycles. The zero-order valence-electron chi connectivity index (χ0n) is 20.0. The molecule has 0 radical (unpaired) electrons. The van der Waals surface area contributed by atoms with E-state index in [1.165, 1.54) is 16.7 Å². The van der Waals surface area contributed by atoms with Gasteiger partial charge in [0.15, 0.2) is 6.73 Å². The molecule has 2 aromatic carbocycles. The maximum Gasteiger partial charge on any atom is 0.335 e. The van der Waals surface area contributed by atoms with E-state index in [0.717, 1.165) is 15.7 Å². The van der Waals surface area contributed by atoms with Crippen LogP contribution < -0.4 is 10.5 Å². The van der Waals surface area contributed by atoms with E-state index < -0.39 is 17.4 Å². The van der Waals surface area contributed by atoms with Gasteiger partial charge >= 0.3 is 11.9 Å². The maximum atomic E-state index is 13.3. The number of esters is 1. The number of anilines is 1. The van der Waals surface area contributed by atoms with E-state index in [1.54, 1.807) is 52.0 Å². The molecule has 182 valence electrons. The third kappa shape index (κ3) is 5.89. The highest BCUT2D eigenvalue weighted by Gasteiger charge is 2.23. The van der Waals surface area contributed by atoms with Crippen LogP contribution in [0.5, 0.6) is 0 Å². The second kappa shape index (κ2) is 10.3. The summed E-state index contributed by atoms with van der Waals surface area (Å²) in [7, 11) is 0. The zero-order chi connectivity index (χ0) is 25.9. The van der Waals surface area contributed by atoms with Crippen LogP contribution in [-0.2, 0) is 22.8 Å². The van der Waals surface area contributed by atoms with Gasteiger partial charge in [-0.05, 0) is 69.7 Å². The van der Waals surface area contributed by atoms with Gasteiger partial charge in [-0.15, -0.1) is 6.42 Å². The predicted molar refractivity (Wildman–Crippen MR) is 137 cm³/mol. The van der Waals surface area contributed by atoms with Crippen molar-refractivity contribution in [3.63, 3.8) is 0 Å². The normalized spacial score (nSPS) is 11.2. The van der Waals surface area contributed by atoms with Crippen LogP contribution in [0.25, 0.3) is 10.9 Å². The van der Waals surface area contributed by atoms with Crippen LogP contribution in [0.15, 0.2) is 45.7 Å². The van der Waals surface area contributed by atoms with Crippen LogP contribution in [0, 0.1) is 24.7 Å². The van der Waals surface area contributed by atoms with Crippen molar-refractivity contribution in [2.45, 2.75) is 41.0 Å². The molecule has 0 unspecified atom stereocenters. The van der Waals surface area contributed by atoms with Crippen molar-refractivity contribution in [3.05, 3.63) is 68.2 Å². The molecule has 3 rings (SSSR count). The Balaban J connectivity index is 1.98. The van der Waals surface area contributed by atoms with Crippen LogP contribution in [0.4, 0.5) is 5.69 Å². The molecule has 0 saturated carbocycles. The summed E-state index contributed by atoms with van der Waals surface area (Å²) in [6.45, 7) is 7.31.